The van der Waals surface area contributed by atoms with E-state index in [-0.39, 0.29) is 24.4 Å². The van der Waals surface area contributed by atoms with Crippen LogP contribution < -0.4 is 10.6 Å². The second-order valence-electron chi connectivity index (χ2n) is 8.45. The average Bonchev–Trinajstić information content (AvgIpc) is 3.17. The predicted octanol–water partition coefficient (Wildman–Crippen LogP) is 1.88. The lowest BCUT2D eigenvalue weighted by Crippen LogP contribution is -2.46. The first-order valence-electron chi connectivity index (χ1n) is 11.0. The van der Waals surface area contributed by atoms with E-state index in [9.17, 15) is 20.1 Å². The summed E-state index contributed by atoms with van der Waals surface area (Å²) in [6, 6.07) is 10.9. The highest BCUT2D eigenvalue weighted by Gasteiger charge is 2.28. The molecule has 0 radical (unpaired) electrons. The highest BCUT2D eigenvalue weighted by atomic mass is 19.1. The van der Waals surface area contributed by atoms with Crippen LogP contribution in [0.3, 0.4) is 0 Å². The maximum absolute atomic E-state index is 15.2. The van der Waals surface area contributed by atoms with E-state index in [0.29, 0.717) is 35.4 Å². The molecular weight excluding hydrogens is 437 g/mol. The lowest BCUT2D eigenvalue weighted by Gasteiger charge is -2.19. The van der Waals surface area contributed by atoms with E-state index >= 15 is 4.39 Å². The van der Waals surface area contributed by atoms with Crippen molar-refractivity contribution in [2.45, 2.75) is 31.5 Å². The SMILES string of the molecule is CN1Cc2cc(C#N)ccc2-c2cc(F)c(C[C@@H](C#N)NC(=O)[C@@H]3CNCCCO3)cc2C1=O. The molecule has 0 saturated carbocycles. The standard InChI is InChI=1S/C25H24FN5O3/c1-31-14-17-7-15(11-27)3-4-19(17)20-10-22(26)16(9-21(20)25(31)33)8-18(12-28)30-24(32)23-13-29-5-2-6-34-23/h3-4,7,9-10,18,23,29H,2,5-6,8,13-14H2,1H3,(H,30,32)/t18-,23-/m0/s1. The minimum absolute atomic E-state index is 0.0985. The second kappa shape index (κ2) is 10.0. The van der Waals surface area contributed by atoms with Crippen LogP contribution in [0.15, 0.2) is 30.3 Å². The van der Waals surface area contributed by atoms with Crippen molar-refractivity contribution in [3.8, 4) is 23.3 Å². The Kier molecular flexibility index (Phi) is 6.87. The summed E-state index contributed by atoms with van der Waals surface area (Å²) in [7, 11) is 1.64. The average molecular weight is 461 g/mol. The van der Waals surface area contributed by atoms with Crippen LogP contribution in [0.5, 0.6) is 0 Å². The van der Waals surface area contributed by atoms with Gasteiger partial charge in [-0.05, 0) is 59.5 Å². The predicted molar refractivity (Wildman–Crippen MR) is 121 cm³/mol. The molecule has 2 aliphatic heterocycles. The summed E-state index contributed by atoms with van der Waals surface area (Å²) in [6.45, 7) is 1.80. The molecule has 2 aliphatic rings. The van der Waals surface area contributed by atoms with Crippen molar-refractivity contribution < 1.29 is 18.7 Å². The Labute approximate surface area is 196 Å². The minimum atomic E-state index is -0.990. The molecular formula is C25H24FN5O3. The molecule has 2 N–H and O–H groups in total. The first kappa shape index (κ1) is 23.4. The maximum atomic E-state index is 15.2. The van der Waals surface area contributed by atoms with Gasteiger partial charge in [0.05, 0.1) is 17.7 Å². The third-order valence-electron chi connectivity index (χ3n) is 6.03. The van der Waals surface area contributed by atoms with Gasteiger partial charge in [-0.25, -0.2) is 4.39 Å². The molecule has 34 heavy (non-hydrogen) atoms. The number of nitriles is 2. The molecule has 2 heterocycles. The summed E-state index contributed by atoms with van der Waals surface area (Å²) in [5, 5.41) is 24.5. The van der Waals surface area contributed by atoms with Crippen LogP contribution in [0.2, 0.25) is 0 Å². The Hall–Kier alpha value is -3.79. The quantitative estimate of drug-likeness (QED) is 0.718. The molecule has 2 aromatic carbocycles. The summed E-state index contributed by atoms with van der Waals surface area (Å²) in [4.78, 5) is 27.1. The summed E-state index contributed by atoms with van der Waals surface area (Å²) in [5.41, 5.74) is 2.79. The van der Waals surface area contributed by atoms with E-state index < -0.39 is 23.9 Å². The van der Waals surface area contributed by atoms with Gasteiger partial charge in [-0.2, -0.15) is 10.5 Å². The first-order valence-corrected chi connectivity index (χ1v) is 11.0. The number of halogens is 1. The zero-order chi connectivity index (χ0) is 24.2. The summed E-state index contributed by atoms with van der Waals surface area (Å²) < 4.78 is 20.7. The van der Waals surface area contributed by atoms with Gasteiger partial charge in [0.1, 0.15) is 18.0 Å². The number of hydrogen-bond acceptors (Lipinski definition) is 6. The Morgan fingerprint density at radius 1 is 1.29 bits per heavy atom. The van der Waals surface area contributed by atoms with Crippen molar-refractivity contribution in [3.63, 3.8) is 0 Å². The van der Waals surface area contributed by atoms with Crippen LogP contribution in [0.4, 0.5) is 4.39 Å². The van der Waals surface area contributed by atoms with E-state index in [1.54, 1.807) is 25.2 Å². The fourth-order valence-electron chi connectivity index (χ4n) is 4.26. The lowest BCUT2D eigenvalue weighted by atomic mass is 9.92. The molecule has 0 aromatic heterocycles. The summed E-state index contributed by atoms with van der Waals surface area (Å²) in [6.07, 6.45) is -0.0335. The molecule has 9 heteroatoms. The number of benzene rings is 2. The van der Waals surface area contributed by atoms with Crippen molar-refractivity contribution in [2.75, 3.05) is 26.7 Å². The zero-order valence-electron chi connectivity index (χ0n) is 18.7. The van der Waals surface area contributed by atoms with E-state index in [1.807, 2.05) is 6.07 Å². The summed E-state index contributed by atoms with van der Waals surface area (Å²) in [5.74, 6) is -1.30. The van der Waals surface area contributed by atoms with Crippen LogP contribution >= 0.6 is 0 Å². The van der Waals surface area contributed by atoms with Crippen LogP contribution in [0, 0.1) is 28.5 Å². The molecule has 2 amide bonds. The molecule has 174 valence electrons. The third-order valence-corrected chi connectivity index (χ3v) is 6.03. The van der Waals surface area contributed by atoms with Gasteiger partial charge >= 0.3 is 0 Å². The van der Waals surface area contributed by atoms with Crippen LogP contribution in [-0.4, -0.2) is 55.6 Å². The Bertz CT molecular complexity index is 1210. The fraction of sp³-hybridized carbons (Fsp3) is 0.360. The van der Waals surface area contributed by atoms with E-state index in [4.69, 9.17) is 4.74 Å². The molecule has 8 nitrogen and oxygen atoms in total. The van der Waals surface area contributed by atoms with Gasteiger partial charge in [0.15, 0.2) is 0 Å². The van der Waals surface area contributed by atoms with Crippen molar-refractivity contribution in [1.29, 1.82) is 10.5 Å². The van der Waals surface area contributed by atoms with Crippen molar-refractivity contribution >= 4 is 11.8 Å². The number of nitrogens with one attached hydrogen (secondary N) is 2. The van der Waals surface area contributed by atoms with Crippen LogP contribution in [0.1, 0.15) is 33.5 Å². The fourth-order valence-corrected chi connectivity index (χ4v) is 4.26. The molecule has 2 atom stereocenters. The van der Waals surface area contributed by atoms with Crippen molar-refractivity contribution in [1.82, 2.24) is 15.5 Å². The maximum Gasteiger partial charge on any atom is 0.254 e. The Morgan fingerprint density at radius 2 is 2.12 bits per heavy atom. The van der Waals surface area contributed by atoms with E-state index in [1.165, 1.54) is 17.0 Å². The number of rotatable bonds is 4. The smallest absolute Gasteiger partial charge is 0.254 e. The number of fused-ring (bicyclic) bond motifs is 3. The third kappa shape index (κ3) is 4.76. The highest BCUT2D eigenvalue weighted by Crippen LogP contribution is 2.34. The van der Waals surface area contributed by atoms with Crippen LogP contribution in [-0.2, 0) is 22.5 Å². The topological polar surface area (TPSA) is 118 Å². The zero-order valence-corrected chi connectivity index (χ0v) is 18.7. The number of nitrogens with zero attached hydrogens (tertiary/aromatic N) is 3. The van der Waals surface area contributed by atoms with E-state index in [0.717, 1.165) is 18.5 Å². The van der Waals surface area contributed by atoms with Gasteiger partial charge in [-0.1, -0.05) is 6.07 Å². The van der Waals surface area contributed by atoms with Gasteiger partial charge < -0.3 is 20.3 Å². The van der Waals surface area contributed by atoms with Gasteiger partial charge in [-0.3, -0.25) is 9.59 Å². The molecule has 0 bridgehead atoms. The lowest BCUT2D eigenvalue weighted by molar-refractivity contribution is -0.132. The summed E-state index contributed by atoms with van der Waals surface area (Å²) >= 11 is 0. The van der Waals surface area contributed by atoms with Gasteiger partial charge in [-0.15, -0.1) is 0 Å². The second-order valence-corrected chi connectivity index (χ2v) is 8.45. The Morgan fingerprint density at radius 3 is 2.88 bits per heavy atom. The molecule has 1 saturated heterocycles. The van der Waals surface area contributed by atoms with E-state index in [2.05, 4.69) is 16.7 Å². The Balaban J connectivity index is 1.62. The van der Waals surface area contributed by atoms with Gasteiger partial charge in [0.2, 0.25) is 0 Å². The minimum Gasteiger partial charge on any atom is -0.367 e. The van der Waals surface area contributed by atoms with Crippen molar-refractivity contribution in [3.05, 3.63) is 58.4 Å². The molecule has 4 rings (SSSR count). The number of hydrogen-bond donors (Lipinski definition) is 2. The largest absolute Gasteiger partial charge is 0.367 e. The number of carbonyl (C=O) groups excluding carboxylic acids is 2. The van der Waals surface area contributed by atoms with Crippen LogP contribution in [0.25, 0.3) is 11.1 Å². The highest BCUT2D eigenvalue weighted by molar-refractivity contribution is 6.02. The number of ether oxygens (including phenoxy) is 1. The normalized spacial score (nSPS) is 18.4. The molecule has 0 spiro atoms. The van der Waals surface area contributed by atoms with Gasteiger partial charge in [0.25, 0.3) is 11.8 Å². The monoisotopic (exact) mass is 461 g/mol. The van der Waals surface area contributed by atoms with Gasteiger partial charge in [0, 0.05) is 38.7 Å². The molecule has 0 aliphatic carbocycles. The number of carbonyl (C=O) groups is 2. The molecule has 2 aromatic rings. The van der Waals surface area contributed by atoms with Crippen molar-refractivity contribution in [2.24, 2.45) is 0 Å². The molecule has 1 fully saturated rings. The first-order chi connectivity index (χ1) is 16.4. The molecule has 0 unspecified atom stereocenters. The number of amides is 2.